The van der Waals surface area contributed by atoms with Gasteiger partial charge in [-0.2, -0.15) is 0 Å². The second-order valence-corrected chi connectivity index (χ2v) is 7.09. The van der Waals surface area contributed by atoms with E-state index in [1.54, 1.807) is 12.4 Å². The first-order valence-electron chi connectivity index (χ1n) is 9.10. The molecule has 23 heavy (non-hydrogen) atoms. The van der Waals surface area contributed by atoms with Crippen LogP contribution in [0, 0.1) is 5.92 Å². The highest BCUT2D eigenvalue weighted by atomic mass is 16.1. The molecule has 0 unspecified atom stereocenters. The van der Waals surface area contributed by atoms with Crippen LogP contribution >= 0.6 is 0 Å². The molecule has 1 aliphatic heterocycles. The standard InChI is InChI=1S/C18H28N4O/c1-14-8-10-22(11-9-14)17-13-19-16(12-20-17)18(23)21-15-6-4-2-3-5-7-15/h12-15H,2-11H2,1H3,(H,21,23). The van der Waals surface area contributed by atoms with Gasteiger partial charge in [-0.15, -0.1) is 0 Å². The van der Waals surface area contributed by atoms with E-state index in [0.717, 1.165) is 37.7 Å². The van der Waals surface area contributed by atoms with Gasteiger partial charge in [0.2, 0.25) is 0 Å². The smallest absolute Gasteiger partial charge is 0.271 e. The largest absolute Gasteiger partial charge is 0.355 e. The summed E-state index contributed by atoms with van der Waals surface area (Å²) in [6, 6.07) is 0.301. The summed E-state index contributed by atoms with van der Waals surface area (Å²) in [4.78, 5) is 23.4. The molecule has 5 heteroatoms. The second kappa shape index (κ2) is 7.75. The van der Waals surface area contributed by atoms with Crippen molar-refractivity contribution in [2.75, 3.05) is 18.0 Å². The molecule has 1 amide bonds. The van der Waals surface area contributed by atoms with Gasteiger partial charge in [0.1, 0.15) is 11.5 Å². The number of hydrogen-bond donors (Lipinski definition) is 1. The minimum atomic E-state index is -0.0804. The minimum Gasteiger partial charge on any atom is -0.355 e. The lowest BCUT2D eigenvalue weighted by Crippen LogP contribution is -2.35. The predicted molar refractivity (Wildman–Crippen MR) is 91.6 cm³/mol. The summed E-state index contributed by atoms with van der Waals surface area (Å²) < 4.78 is 0. The van der Waals surface area contributed by atoms with Crippen LogP contribution in [-0.2, 0) is 0 Å². The quantitative estimate of drug-likeness (QED) is 0.870. The van der Waals surface area contributed by atoms with Crippen LogP contribution in [0.1, 0.15) is 68.8 Å². The normalized spacial score (nSPS) is 21.0. The van der Waals surface area contributed by atoms with E-state index in [4.69, 9.17) is 0 Å². The molecule has 1 saturated heterocycles. The van der Waals surface area contributed by atoms with Gasteiger partial charge in [-0.1, -0.05) is 32.6 Å². The third kappa shape index (κ3) is 4.43. The van der Waals surface area contributed by atoms with Crippen LogP contribution in [-0.4, -0.2) is 35.0 Å². The van der Waals surface area contributed by atoms with Gasteiger partial charge in [0.25, 0.3) is 5.91 Å². The highest BCUT2D eigenvalue weighted by molar-refractivity contribution is 5.92. The Bertz CT molecular complexity index is 500. The number of rotatable bonds is 3. The van der Waals surface area contributed by atoms with E-state index >= 15 is 0 Å². The fourth-order valence-corrected chi connectivity index (χ4v) is 3.52. The average molecular weight is 316 g/mol. The van der Waals surface area contributed by atoms with Gasteiger partial charge in [-0.05, 0) is 31.6 Å². The highest BCUT2D eigenvalue weighted by Gasteiger charge is 2.19. The lowest BCUT2D eigenvalue weighted by molar-refractivity contribution is 0.0928. The number of aromatic nitrogens is 2. The molecule has 3 rings (SSSR count). The van der Waals surface area contributed by atoms with Crippen molar-refractivity contribution in [3.63, 3.8) is 0 Å². The zero-order valence-electron chi connectivity index (χ0n) is 14.1. The predicted octanol–water partition coefficient (Wildman–Crippen LogP) is 3.17. The number of amides is 1. The van der Waals surface area contributed by atoms with Gasteiger partial charge in [0.05, 0.1) is 12.4 Å². The summed E-state index contributed by atoms with van der Waals surface area (Å²) in [6.07, 6.45) is 12.9. The van der Waals surface area contributed by atoms with E-state index < -0.39 is 0 Å². The summed E-state index contributed by atoms with van der Waals surface area (Å²) in [7, 11) is 0. The Balaban J connectivity index is 1.56. The molecular formula is C18H28N4O. The third-order valence-electron chi connectivity index (χ3n) is 5.17. The molecule has 126 valence electrons. The van der Waals surface area contributed by atoms with Crippen molar-refractivity contribution in [3.05, 3.63) is 18.1 Å². The summed E-state index contributed by atoms with van der Waals surface area (Å²) in [5, 5.41) is 3.12. The van der Waals surface area contributed by atoms with E-state index in [9.17, 15) is 4.79 Å². The Morgan fingerprint density at radius 1 is 1.04 bits per heavy atom. The van der Waals surface area contributed by atoms with Crippen LogP contribution in [0.3, 0.4) is 0 Å². The molecule has 1 saturated carbocycles. The molecule has 0 spiro atoms. The SMILES string of the molecule is CC1CCN(c2cnc(C(=O)NC3CCCCCC3)cn2)CC1. The Hall–Kier alpha value is -1.65. The first-order chi connectivity index (χ1) is 11.2. The van der Waals surface area contributed by atoms with Crippen LogP contribution in [0.4, 0.5) is 5.82 Å². The molecule has 5 nitrogen and oxygen atoms in total. The lowest BCUT2D eigenvalue weighted by Gasteiger charge is -2.30. The van der Waals surface area contributed by atoms with Gasteiger partial charge in [0, 0.05) is 19.1 Å². The van der Waals surface area contributed by atoms with Crippen LogP contribution in [0.2, 0.25) is 0 Å². The molecule has 1 aliphatic carbocycles. The number of nitrogens with one attached hydrogen (secondary N) is 1. The molecule has 0 aromatic carbocycles. The van der Waals surface area contributed by atoms with Crippen molar-refractivity contribution < 1.29 is 4.79 Å². The van der Waals surface area contributed by atoms with Crippen LogP contribution in [0.15, 0.2) is 12.4 Å². The topological polar surface area (TPSA) is 58.1 Å². The van der Waals surface area contributed by atoms with Crippen molar-refractivity contribution in [2.45, 2.75) is 64.3 Å². The van der Waals surface area contributed by atoms with E-state index in [-0.39, 0.29) is 5.91 Å². The summed E-state index contributed by atoms with van der Waals surface area (Å²) in [6.45, 7) is 4.36. The number of piperidine rings is 1. The summed E-state index contributed by atoms with van der Waals surface area (Å²) >= 11 is 0. The molecule has 1 aromatic heterocycles. The Morgan fingerprint density at radius 2 is 1.74 bits per heavy atom. The molecule has 1 N–H and O–H groups in total. The maximum absolute atomic E-state index is 12.3. The van der Waals surface area contributed by atoms with Gasteiger partial charge in [0.15, 0.2) is 0 Å². The molecule has 0 bridgehead atoms. The van der Waals surface area contributed by atoms with Crippen molar-refractivity contribution in [3.8, 4) is 0 Å². The van der Waals surface area contributed by atoms with Crippen molar-refractivity contribution >= 4 is 11.7 Å². The monoisotopic (exact) mass is 316 g/mol. The van der Waals surface area contributed by atoms with Crippen LogP contribution < -0.4 is 10.2 Å². The second-order valence-electron chi connectivity index (χ2n) is 7.09. The number of carbonyl (C=O) groups is 1. The van der Waals surface area contributed by atoms with Crippen molar-refractivity contribution in [1.29, 1.82) is 0 Å². The van der Waals surface area contributed by atoms with Crippen LogP contribution in [0.25, 0.3) is 0 Å². The van der Waals surface area contributed by atoms with E-state index in [1.165, 1.54) is 38.5 Å². The van der Waals surface area contributed by atoms with Crippen LogP contribution in [0.5, 0.6) is 0 Å². The molecule has 2 fully saturated rings. The average Bonchev–Trinajstić information content (AvgIpc) is 2.84. The highest BCUT2D eigenvalue weighted by Crippen LogP contribution is 2.21. The fraction of sp³-hybridized carbons (Fsp3) is 0.722. The van der Waals surface area contributed by atoms with E-state index in [1.807, 2.05) is 0 Å². The molecule has 0 radical (unpaired) electrons. The van der Waals surface area contributed by atoms with Crippen molar-refractivity contribution in [1.82, 2.24) is 15.3 Å². The van der Waals surface area contributed by atoms with E-state index in [2.05, 4.69) is 27.1 Å². The first-order valence-corrected chi connectivity index (χ1v) is 9.10. The molecular weight excluding hydrogens is 288 g/mol. The Morgan fingerprint density at radius 3 is 2.35 bits per heavy atom. The number of nitrogens with zero attached hydrogens (tertiary/aromatic N) is 3. The number of carbonyl (C=O) groups excluding carboxylic acids is 1. The van der Waals surface area contributed by atoms with Gasteiger partial charge >= 0.3 is 0 Å². The summed E-state index contributed by atoms with van der Waals surface area (Å²) in [5.74, 6) is 1.61. The number of hydrogen-bond acceptors (Lipinski definition) is 4. The molecule has 2 heterocycles. The van der Waals surface area contributed by atoms with Gasteiger partial charge in [-0.3, -0.25) is 4.79 Å². The Labute approximate surface area is 138 Å². The minimum absolute atomic E-state index is 0.0804. The lowest BCUT2D eigenvalue weighted by atomic mass is 9.99. The van der Waals surface area contributed by atoms with Crippen molar-refractivity contribution in [2.24, 2.45) is 5.92 Å². The fourth-order valence-electron chi connectivity index (χ4n) is 3.52. The summed E-state index contributed by atoms with van der Waals surface area (Å²) in [5.41, 5.74) is 0.434. The molecule has 2 aliphatic rings. The number of anilines is 1. The third-order valence-corrected chi connectivity index (χ3v) is 5.17. The maximum atomic E-state index is 12.3. The Kier molecular flexibility index (Phi) is 5.47. The first kappa shape index (κ1) is 16.2. The molecule has 1 aromatic rings. The zero-order chi connectivity index (χ0) is 16.1. The zero-order valence-corrected chi connectivity index (χ0v) is 14.1. The van der Waals surface area contributed by atoms with Gasteiger partial charge < -0.3 is 10.2 Å². The van der Waals surface area contributed by atoms with E-state index in [0.29, 0.717) is 11.7 Å². The van der Waals surface area contributed by atoms with Gasteiger partial charge in [-0.25, -0.2) is 9.97 Å². The maximum Gasteiger partial charge on any atom is 0.271 e. The molecule has 0 atom stereocenters.